The molecule has 0 atom stereocenters. The lowest BCUT2D eigenvalue weighted by Crippen LogP contribution is -2.04. The molecule has 3 heteroatoms. The van der Waals surface area contributed by atoms with E-state index in [9.17, 15) is 4.79 Å². The number of carbonyl (C=O) groups excluding carboxylic acids is 1. The topological polar surface area (TPSA) is 63.3 Å². The van der Waals surface area contributed by atoms with Crippen LogP contribution in [0.5, 0.6) is 0 Å². The predicted octanol–water partition coefficient (Wildman–Crippen LogP) is 0.346. The SMILES string of the molecule is C=CC(N)=O.C=CO. The second kappa shape index (κ2) is 9.23. The maximum Gasteiger partial charge on any atom is 0.240 e. The van der Waals surface area contributed by atoms with Crippen LogP contribution in [0.4, 0.5) is 0 Å². The number of primary amides is 1. The van der Waals surface area contributed by atoms with Crippen LogP contribution in [0, 0.1) is 0 Å². The molecule has 0 unspecified atom stereocenters. The van der Waals surface area contributed by atoms with E-state index in [4.69, 9.17) is 5.11 Å². The number of hydrogen-bond acceptors (Lipinski definition) is 2. The highest BCUT2D eigenvalue weighted by Crippen LogP contribution is 1.48. The fraction of sp³-hybridized carbons (Fsp3) is 0. The minimum absolute atomic E-state index is 0.481. The van der Waals surface area contributed by atoms with Gasteiger partial charge in [-0.2, -0.15) is 0 Å². The monoisotopic (exact) mass is 115 g/mol. The van der Waals surface area contributed by atoms with E-state index in [1.807, 2.05) is 0 Å². The van der Waals surface area contributed by atoms with Crippen molar-refractivity contribution in [3.8, 4) is 0 Å². The first kappa shape index (κ1) is 9.89. The Hall–Kier alpha value is -1.25. The average molecular weight is 115 g/mol. The third-order valence-corrected chi connectivity index (χ3v) is 0.201. The van der Waals surface area contributed by atoms with Crippen molar-refractivity contribution < 1.29 is 9.90 Å². The number of aliphatic hydroxyl groups excluding tert-OH is 1. The Morgan fingerprint density at radius 2 is 1.75 bits per heavy atom. The van der Waals surface area contributed by atoms with Gasteiger partial charge in [0.25, 0.3) is 0 Å². The van der Waals surface area contributed by atoms with Crippen LogP contribution in [0.25, 0.3) is 0 Å². The summed E-state index contributed by atoms with van der Waals surface area (Å²) >= 11 is 0. The zero-order chi connectivity index (χ0) is 6.99. The number of carbonyl (C=O) groups is 1. The van der Waals surface area contributed by atoms with E-state index >= 15 is 0 Å². The molecule has 0 aliphatic heterocycles. The summed E-state index contributed by atoms with van der Waals surface area (Å²) in [6, 6.07) is 0. The van der Waals surface area contributed by atoms with Crippen LogP contribution in [0.3, 0.4) is 0 Å². The molecule has 0 bridgehead atoms. The maximum absolute atomic E-state index is 9.47. The Balaban J connectivity index is 0. The van der Waals surface area contributed by atoms with Gasteiger partial charge in [0.15, 0.2) is 0 Å². The van der Waals surface area contributed by atoms with E-state index < -0.39 is 5.91 Å². The molecule has 0 rings (SSSR count). The molecule has 0 aliphatic rings. The van der Waals surface area contributed by atoms with Crippen molar-refractivity contribution in [2.24, 2.45) is 5.73 Å². The van der Waals surface area contributed by atoms with Gasteiger partial charge in [0.05, 0.1) is 6.26 Å². The van der Waals surface area contributed by atoms with E-state index in [0.29, 0.717) is 0 Å². The number of aliphatic hydroxyl groups is 1. The number of hydrogen-bond donors (Lipinski definition) is 2. The van der Waals surface area contributed by atoms with Gasteiger partial charge in [-0.05, 0) is 6.08 Å². The molecular weight excluding hydrogens is 106 g/mol. The molecule has 0 saturated carbocycles. The lowest BCUT2D eigenvalue weighted by Gasteiger charge is -1.65. The smallest absolute Gasteiger partial charge is 0.240 e. The Morgan fingerprint density at radius 1 is 1.62 bits per heavy atom. The van der Waals surface area contributed by atoms with Gasteiger partial charge in [0, 0.05) is 0 Å². The van der Waals surface area contributed by atoms with Crippen LogP contribution in [-0.2, 0) is 4.79 Å². The van der Waals surface area contributed by atoms with Gasteiger partial charge in [0.2, 0.25) is 5.91 Å². The highest BCUT2D eigenvalue weighted by Gasteiger charge is 1.69. The molecule has 3 nitrogen and oxygen atoms in total. The number of amides is 1. The summed E-state index contributed by atoms with van der Waals surface area (Å²) in [6.07, 6.45) is 1.81. The van der Waals surface area contributed by atoms with Crippen LogP contribution >= 0.6 is 0 Å². The van der Waals surface area contributed by atoms with Gasteiger partial charge in [-0.3, -0.25) is 4.79 Å². The van der Waals surface area contributed by atoms with Crippen molar-refractivity contribution in [3.63, 3.8) is 0 Å². The second-order valence-electron chi connectivity index (χ2n) is 0.789. The predicted molar refractivity (Wildman–Crippen MR) is 32.2 cm³/mol. The molecule has 0 fully saturated rings. The van der Waals surface area contributed by atoms with Gasteiger partial charge < -0.3 is 10.8 Å². The van der Waals surface area contributed by atoms with Gasteiger partial charge in [0.1, 0.15) is 0 Å². The van der Waals surface area contributed by atoms with Gasteiger partial charge in [-0.25, -0.2) is 0 Å². The van der Waals surface area contributed by atoms with Crippen LogP contribution < -0.4 is 5.73 Å². The summed E-state index contributed by atoms with van der Waals surface area (Å²) in [5, 5.41) is 7.33. The third-order valence-electron chi connectivity index (χ3n) is 0.201. The van der Waals surface area contributed by atoms with Crippen molar-refractivity contribution in [1.82, 2.24) is 0 Å². The molecule has 0 saturated heterocycles. The first-order valence-corrected chi connectivity index (χ1v) is 1.86. The quantitative estimate of drug-likeness (QED) is 0.382. The normalized spacial score (nSPS) is 5.50. The molecule has 0 aliphatic carbocycles. The highest BCUT2D eigenvalue weighted by molar-refractivity contribution is 5.84. The highest BCUT2D eigenvalue weighted by atomic mass is 16.2. The van der Waals surface area contributed by atoms with Crippen LogP contribution in [0.15, 0.2) is 25.5 Å². The lowest BCUT2D eigenvalue weighted by molar-refractivity contribution is -0.113. The van der Waals surface area contributed by atoms with E-state index in [1.54, 1.807) is 0 Å². The fourth-order valence-electron chi connectivity index (χ4n) is 0. The Bertz CT molecular complexity index is 88.4. The summed E-state index contributed by atoms with van der Waals surface area (Å²) < 4.78 is 0. The average Bonchev–Trinajstić information content (AvgIpc) is 1.69. The largest absolute Gasteiger partial charge is 0.516 e. The Morgan fingerprint density at radius 3 is 1.75 bits per heavy atom. The zero-order valence-corrected chi connectivity index (χ0v) is 4.50. The van der Waals surface area contributed by atoms with Crippen molar-refractivity contribution in [2.75, 3.05) is 0 Å². The first-order chi connectivity index (χ1) is 3.68. The molecule has 0 heterocycles. The van der Waals surface area contributed by atoms with E-state index in [2.05, 4.69) is 18.9 Å². The molecule has 8 heavy (non-hydrogen) atoms. The van der Waals surface area contributed by atoms with Crippen molar-refractivity contribution in [2.45, 2.75) is 0 Å². The van der Waals surface area contributed by atoms with E-state index in [0.717, 1.165) is 12.3 Å². The Labute approximate surface area is 48.1 Å². The summed E-state index contributed by atoms with van der Waals surface area (Å²) in [5.74, 6) is -0.481. The van der Waals surface area contributed by atoms with E-state index in [-0.39, 0.29) is 0 Å². The molecule has 3 N–H and O–H groups in total. The van der Waals surface area contributed by atoms with Gasteiger partial charge >= 0.3 is 0 Å². The van der Waals surface area contributed by atoms with Gasteiger partial charge in [-0.15, -0.1) is 0 Å². The molecule has 0 aromatic carbocycles. The van der Waals surface area contributed by atoms with Crippen molar-refractivity contribution in [3.05, 3.63) is 25.5 Å². The van der Waals surface area contributed by atoms with Gasteiger partial charge in [-0.1, -0.05) is 13.2 Å². The maximum atomic E-state index is 9.47. The number of nitrogens with two attached hydrogens (primary N) is 1. The van der Waals surface area contributed by atoms with Crippen molar-refractivity contribution >= 4 is 5.91 Å². The standard InChI is InChI=1S/C3H5NO.C2H4O/c1-2-3(4)5;1-2-3/h2H,1H2,(H2,4,5);2-3H,1H2. The minimum atomic E-state index is -0.481. The Kier molecular flexibility index (Phi) is 11.4. The lowest BCUT2D eigenvalue weighted by atomic mass is 10.6. The third kappa shape index (κ3) is 119. The molecule has 0 aromatic rings. The molecule has 0 radical (unpaired) electrons. The second-order valence-corrected chi connectivity index (χ2v) is 0.789. The van der Waals surface area contributed by atoms with Crippen LogP contribution in [0.2, 0.25) is 0 Å². The van der Waals surface area contributed by atoms with Crippen molar-refractivity contribution in [1.29, 1.82) is 0 Å². The van der Waals surface area contributed by atoms with Crippen LogP contribution in [-0.4, -0.2) is 11.0 Å². The molecular formula is C5H9NO2. The molecule has 0 aromatic heterocycles. The zero-order valence-electron chi connectivity index (χ0n) is 4.50. The summed E-state index contributed by atoms with van der Waals surface area (Å²) in [4.78, 5) is 9.47. The molecule has 0 spiro atoms. The van der Waals surface area contributed by atoms with E-state index in [1.165, 1.54) is 0 Å². The number of rotatable bonds is 1. The van der Waals surface area contributed by atoms with Crippen LogP contribution in [0.1, 0.15) is 0 Å². The first-order valence-electron chi connectivity index (χ1n) is 1.86. The minimum Gasteiger partial charge on any atom is -0.516 e. The summed E-state index contributed by atoms with van der Waals surface area (Å²) in [6.45, 7) is 6.00. The summed E-state index contributed by atoms with van der Waals surface area (Å²) in [5.41, 5.74) is 4.53. The fourth-order valence-corrected chi connectivity index (χ4v) is 0. The molecule has 46 valence electrons. The molecule has 1 amide bonds. The summed E-state index contributed by atoms with van der Waals surface area (Å²) in [7, 11) is 0.